The molecular weight excluding hydrogens is 296 g/mol. The summed E-state index contributed by atoms with van der Waals surface area (Å²) in [6.45, 7) is 8.94. The highest BCUT2D eigenvalue weighted by Crippen LogP contribution is 2.34. The van der Waals surface area contributed by atoms with Crippen molar-refractivity contribution in [3.63, 3.8) is 0 Å². The summed E-state index contributed by atoms with van der Waals surface area (Å²) in [5.74, 6) is -1.22. The van der Waals surface area contributed by atoms with Crippen molar-refractivity contribution in [2.24, 2.45) is 0 Å². The zero-order valence-electron chi connectivity index (χ0n) is 12.5. The third kappa shape index (κ3) is 4.08. The number of piperazine rings is 1. The monoisotopic (exact) mass is 316 g/mol. The van der Waals surface area contributed by atoms with Crippen molar-refractivity contribution in [2.45, 2.75) is 25.6 Å². The van der Waals surface area contributed by atoms with E-state index in [0.717, 1.165) is 43.9 Å². The molecule has 1 aliphatic rings. The molecule has 0 radical (unpaired) electrons. The third-order valence-electron chi connectivity index (χ3n) is 3.82. The Balaban J connectivity index is 2.30. The van der Waals surface area contributed by atoms with E-state index in [-0.39, 0.29) is 6.04 Å². The fraction of sp³-hybridized carbons (Fsp3) is 0.500. The fourth-order valence-corrected chi connectivity index (χ4v) is 2.75. The lowest BCUT2D eigenvalue weighted by Crippen LogP contribution is -2.45. The summed E-state index contributed by atoms with van der Waals surface area (Å²) in [7, 11) is 0. The summed E-state index contributed by atoms with van der Waals surface area (Å²) < 4.78 is 51.9. The minimum atomic E-state index is -4.67. The van der Waals surface area contributed by atoms with Gasteiger partial charge in [0.25, 0.3) is 0 Å². The molecule has 2 nitrogen and oxygen atoms in total. The predicted octanol–water partition coefficient (Wildman–Crippen LogP) is 3.76. The van der Waals surface area contributed by atoms with Crippen LogP contribution in [0.4, 0.5) is 17.6 Å². The molecular formula is C16H20F4N2. The van der Waals surface area contributed by atoms with Gasteiger partial charge in [0, 0.05) is 32.2 Å². The lowest BCUT2D eigenvalue weighted by Gasteiger charge is -2.35. The third-order valence-corrected chi connectivity index (χ3v) is 3.82. The molecule has 1 atom stereocenters. The molecule has 0 spiro atoms. The molecule has 6 heteroatoms. The largest absolute Gasteiger partial charge is 0.419 e. The molecule has 1 heterocycles. The van der Waals surface area contributed by atoms with Gasteiger partial charge in [-0.15, -0.1) is 6.58 Å². The molecule has 0 amide bonds. The number of benzene rings is 1. The molecule has 1 fully saturated rings. The second-order valence-electron chi connectivity index (χ2n) is 5.70. The Labute approximate surface area is 127 Å². The van der Waals surface area contributed by atoms with Crippen LogP contribution in [0.1, 0.15) is 30.5 Å². The van der Waals surface area contributed by atoms with Gasteiger partial charge in [-0.1, -0.05) is 11.6 Å². The average Bonchev–Trinajstić information content (AvgIpc) is 2.44. The van der Waals surface area contributed by atoms with E-state index in [1.165, 1.54) is 6.07 Å². The topological polar surface area (TPSA) is 15.3 Å². The van der Waals surface area contributed by atoms with Gasteiger partial charge in [0.1, 0.15) is 5.82 Å². The summed E-state index contributed by atoms with van der Waals surface area (Å²) in [5, 5.41) is 3.23. The average molecular weight is 316 g/mol. The second kappa shape index (κ2) is 6.79. The summed E-state index contributed by atoms with van der Waals surface area (Å²) in [4.78, 5) is 2.16. The maximum Gasteiger partial charge on any atom is 0.419 e. The highest BCUT2D eigenvalue weighted by Gasteiger charge is 2.34. The van der Waals surface area contributed by atoms with Crippen LogP contribution in [0.25, 0.3) is 0 Å². The van der Waals surface area contributed by atoms with Crippen molar-refractivity contribution in [2.75, 3.05) is 26.2 Å². The van der Waals surface area contributed by atoms with E-state index < -0.39 is 17.6 Å². The van der Waals surface area contributed by atoms with Gasteiger partial charge in [-0.3, -0.25) is 4.90 Å². The SMILES string of the molecule is C=C(C)C[C@H](c1ccc(C(F)(F)F)c(F)c1)N1CCNCC1. The Bertz CT molecular complexity index is 533. The van der Waals surface area contributed by atoms with Crippen LogP contribution < -0.4 is 5.32 Å². The molecule has 1 N–H and O–H groups in total. The molecule has 0 saturated carbocycles. The van der Waals surface area contributed by atoms with E-state index >= 15 is 0 Å². The second-order valence-corrected chi connectivity index (χ2v) is 5.70. The molecule has 1 aromatic carbocycles. The van der Waals surface area contributed by atoms with Crippen molar-refractivity contribution in [3.05, 3.63) is 47.3 Å². The maximum absolute atomic E-state index is 13.8. The normalized spacial score (nSPS) is 18.2. The van der Waals surface area contributed by atoms with Crippen LogP contribution in [0.3, 0.4) is 0 Å². The number of rotatable bonds is 4. The van der Waals surface area contributed by atoms with Crippen LogP contribution >= 0.6 is 0 Å². The van der Waals surface area contributed by atoms with E-state index in [0.29, 0.717) is 12.0 Å². The van der Waals surface area contributed by atoms with Gasteiger partial charge in [0.2, 0.25) is 0 Å². The van der Waals surface area contributed by atoms with Crippen LogP contribution in [0.2, 0.25) is 0 Å². The molecule has 2 rings (SSSR count). The molecule has 1 saturated heterocycles. The fourth-order valence-electron chi connectivity index (χ4n) is 2.75. The Morgan fingerprint density at radius 2 is 1.95 bits per heavy atom. The van der Waals surface area contributed by atoms with E-state index in [4.69, 9.17) is 0 Å². The Hall–Kier alpha value is -1.40. The van der Waals surface area contributed by atoms with Gasteiger partial charge in [-0.05, 0) is 31.0 Å². The van der Waals surface area contributed by atoms with Gasteiger partial charge < -0.3 is 5.32 Å². The van der Waals surface area contributed by atoms with Crippen molar-refractivity contribution in [1.82, 2.24) is 10.2 Å². The smallest absolute Gasteiger partial charge is 0.314 e. The van der Waals surface area contributed by atoms with E-state index in [1.807, 2.05) is 6.92 Å². The van der Waals surface area contributed by atoms with Gasteiger partial charge in [0.05, 0.1) is 5.56 Å². The molecule has 0 aliphatic carbocycles. The van der Waals surface area contributed by atoms with Gasteiger partial charge in [-0.25, -0.2) is 4.39 Å². The van der Waals surface area contributed by atoms with Crippen molar-refractivity contribution < 1.29 is 17.6 Å². The van der Waals surface area contributed by atoms with Gasteiger partial charge in [0.15, 0.2) is 0 Å². The number of alkyl halides is 3. The molecule has 22 heavy (non-hydrogen) atoms. The number of hydrogen-bond donors (Lipinski definition) is 1. The van der Waals surface area contributed by atoms with Crippen LogP contribution in [0.15, 0.2) is 30.4 Å². The first-order valence-electron chi connectivity index (χ1n) is 7.25. The van der Waals surface area contributed by atoms with Gasteiger partial charge >= 0.3 is 6.18 Å². The molecule has 0 aromatic heterocycles. The molecule has 0 bridgehead atoms. The summed E-state index contributed by atoms with van der Waals surface area (Å²) in [6, 6.07) is 3.08. The van der Waals surface area contributed by atoms with Crippen LogP contribution in [-0.2, 0) is 6.18 Å². The van der Waals surface area contributed by atoms with Crippen LogP contribution in [0, 0.1) is 5.82 Å². The molecule has 0 unspecified atom stereocenters. The quantitative estimate of drug-likeness (QED) is 0.672. The maximum atomic E-state index is 13.8. The number of hydrogen-bond acceptors (Lipinski definition) is 2. The summed E-state index contributed by atoms with van der Waals surface area (Å²) in [5.41, 5.74) is 0.268. The number of nitrogens with zero attached hydrogens (tertiary/aromatic N) is 1. The summed E-state index contributed by atoms with van der Waals surface area (Å²) >= 11 is 0. The Kier molecular flexibility index (Phi) is 5.24. The first kappa shape index (κ1) is 17.0. The molecule has 1 aromatic rings. The zero-order chi connectivity index (χ0) is 16.3. The zero-order valence-corrected chi connectivity index (χ0v) is 12.5. The lowest BCUT2D eigenvalue weighted by atomic mass is 9.96. The van der Waals surface area contributed by atoms with E-state index in [9.17, 15) is 17.6 Å². The molecule has 1 aliphatic heterocycles. The van der Waals surface area contributed by atoms with Crippen molar-refractivity contribution >= 4 is 0 Å². The van der Waals surface area contributed by atoms with Crippen LogP contribution in [0.5, 0.6) is 0 Å². The van der Waals surface area contributed by atoms with Gasteiger partial charge in [-0.2, -0.15) is 13.2 Å². The lowest BCUT2D eigenvalue weighted by molar-refractivity contribution is -0.140. The first-order chi connectivity index (χ1) is 10.3. The number of nitrogens with one attached hydrogen (secondary N) is 1. The van der Waals surface area contributed by atoms with Crippen molar-refractivity contribution in [1.29, 1.82) is 0 Å². The van der Waals surface area contributed by atoms with E-state index in [1.54, 1.807) is 0 Å². The first-order valence-corrected chi connectivity index (χ1v) is 7.25. The standard InChI is InChI=1S/C16H20F4N2/c1-11(2)9-15(22-7-5-21-6-8-22)12-3-4-13(14(17)10-12)16(18,19)20/h3-4,10,15,21H,1,5-9H2,2H3/t15-/m1/s1. The summed E-state index contributed by atoms with van der Waals surface area (Å²) in [6.07, 6.45) is -4.06. The minimum absolute atomic E-state index is 0.142. The highest BCUT2D eigenvalue weighted by molar-refractivity contribution is 5.29. The minimum Gasteiger partial charge on any atom is -0.314 e. The Morgan fingerprint density at radius 1 is 1.32 bits per heavy atom. The Morgan fingerprint density at radius 3 is 2.45 bits per heavy atom. The molecule has 122 valence electrons. The highest BCUT2D eigenvalue weighted by atomic mass is 19.4. The van der Waals surface area contributed by atoms with E-state index in [2.05, 4.69) is 16.8 Å². The van der Waals surface area contributed by atoms with Crippen molar-refractivity contribution in [3.8, 4) is 0 Å². The predicted molar refractivity (Wildman–Crippen MR) is 78.0 cm³/mol. The van der Waals surface area contributed by atoms with Crippen LogP contribution in [-0.4, -0.2) is 31.1 Å². The number of halogens is 4.